The molecule has 39 heavy (non-hydrogen) atoms. The molecule has 3 aromatic rings. The van der Waals surface area contributed by atoms with Crippen LogP contribution >= 0.6 is 11.6 Å². The van der Waals surface area contributed by atoms with E-state index in [-0.39, 0.29) is 23.0 Å². The molecule has 0 heterocycles. The van der Waals surface area contributed by atoms with Crippen LogP contribution in [0.1, 0.15) is 38.7 Å². The highest BCUT2D eigenvalue weighted by Crippen LogP contribution is 2.25. The molecule has 0 aromatic heterocycles. The van der Waals surface area contributed by atoms with E-state index in [2.05, 4.69) is 5.32 Å². The van der Waals surface area contributed by atoms with Crippen molar-refractivity contribution >= 4 is 39.1 Å². The minimum Gasteiger partial charge on any atom is -0.354 e. The van der Waals surface area contributed by atoms with Crippen molar-refractivity contribution < 1.29 is 22.4 Å². The minimum atomic E-state index is -4.25. The number of anilines is 1. The number of carbonyl (C=O) groups is 2. The number of rotatable bonds is 13. The molecule has 1 N–H and O–H groups in total. The standard InChI is InChI=1S/C29H33ClFN3O4S/c1-3-5-19-32-29(36)27(4-2)33(20-22-11-13-23(30)14-12-22)28(35)21-34(25-9-7-6-8-10-25)39(37,38)26-17-15-24(31)16-18-26/h6-18,27H,3-5,19-21H2,1-2H3,(H,32,36). The van der Waals surface area contributed by atoms with E-state index in [0.717, 1.165) is 47.0 Å². The zero-order valence-corrected chi connectivity index (χ0v) is 23.6. The second kappa shape index (κ2) is 14.1. The van der Waals surface area contributed by atoms with Crippen molar-refractivity contribution in [2.45, 2.75) is 50.6 Å². The Morgan fingerprint density at radius 2 is 1.59 bits per heavy atom. The monoisotopic (exact) mass is 573 g/mol. The quantitative estimate of drug-likeness (QED) is 0.277. The molecule has 7 nitrogen and oxygen atoms in total. The summed E-state index contributed by atoms with van der Waals surface area (Å²) < 4.78 is 41.9. The summed E-state index contributed by atoms with van der Waals surface area (Å²) >= 11 is 6.04. The van der Waals surface area contributed by atoms with E-state index >= 15 is 0 Å². The summed E-state index contributed by atoms with van der Waals surface area (Å²) in [6.45, 7) is 3.81. The molecule has 0 aliphatic rings. The van der Waals surface area contributed by atoms with Gasteiger partial charge in [0.1, 0.15) is 18.4 Å². The van der Waals surface area contributed by atoms with Crippen molar-refractivity contribution in [1.82, 2.24) is 10.2 Å². The normalized spacial score (nSPS) is 12.0. The van der Waals surface area contributed by atoms with Crippen LogP contribution in [0.5, 0.6) is 0 Å². The molecular weight excluding hydrogens is 541 g/mol. The first kappa shape index (κ1) is 30.1. The van der Waals surface area contributed by atoms with Gasteiger partial charge in [-0.15, -0.1) is 0 Å². The van der Waals surface area contributed by atoms with Crippen LogP contribution in [0.25, 0.3) is 0 Å². The summed E-state index contributed by atoms with van der Waals surface area (Å²) in [5.41, 5.74) is 1.00. The first-order valence-corrected chi connectivity index (χ1v) is 14.6. The Hall–Kier alpha value is -3.43. The summed E-state index contributed by atoms with van der Waals surface area (Å²) in [7, 11) is -4.25. The summed E-state index contributed by atoms with van der Waals surface area (Å²) in [5.74, 6) is -1.44. The fourth-order valence-corrected chi connectivity index (χ4v) is 5.61. The second-order valence-corrected chi connectivity index (χ2v) is 11.3. The van der Waals surface area contributed by atoms with Crippen LogP contribution in [0, 0.1) is 5.82 Å². The van der Waals surface area contributed by atoms with E-state index in [1.54, 1.807) is 61.5 Å². The van der Waals surface area contributed by atoms with E-state index in [1.165, 1.54) is 4.90 Å². The fraction of sp³-hybridized carbons (Fsp3) is 0.310. The molecule has 208 valence electrons. The maximum atomic E-state index is 13.9. The van der Waals surface area contributed by atoms with Gasteiger partial charge in [0.25, 0.3) is 10.0 Å². The van der Waals surface area contributed by atoms with Gasteiger partial charge in [-0.2, -0.15) is 0 Å². The number of nitrogens with one attached hydrogen (secondary N) is 1. The number of sulfonamides is 1. The van der Waals surface area contributed by atoms with Gasteiger partial charge in [-0.25, -0.2) is 12.8 Å². The fourth-order valence-electron chi connectivity index (χ4n) is 4.07. The smallest absolute Gasteiger partial charge is 0.264 e. The zero-order chi connectivity index (χ0) is 28.4. The molecule has 0 aliphatic heterocycles. The predicted octanol–water partition coefficient (Wildman–Crippen LogP) is 5.40. The van der Waals surface area contributed by atoms with Crippen molar-refractivity contribution in [3.05, 3.63) is 95.3 Å². The maximum Gasteiger partial charge on any atom is 0.264 e. The van der Waals surface area contributed by atoms with Gasteiger partial charge in [0.2, 0.25) is 11.8 Å². The Labute approximate surface area is 234 Å². The number of hydrogen-bond acceptors (Lipinski definition) is 4. The van der Waals surface area contributed by atoms with Crippen molar-refractivity contribution in [1.29, 1.82) is 0 Å². The van der Waals surface area contributed by atoms with Gasteiger partial charge in [0, 0.05) is 18.1 Å². The van der Waals surface area contributed by atoms with Crippen LogP contribution in [0.4, 0.5) is 10.1 Å². The first-order valence-electron chi connectivity index (χ1n) is 12.8. The number of hydrogen-bond donors (Lipinski definition) is 1. The van der Waals surface area contributed by atoms with E-state index in [0.29, 0.717) is 18.0 Å². The highest BCUT2D eigenvalue weighted by Gasteiger charge is 2.33. The van der Waals surface area contributed by atoms with Crippen LogP contribution in [0.15, 0.2) is 83.8 Å². The molecule has 0 fully saturated rings. The zero-order valence-electron chi connectivity index (χ0n) is 22.0. The molecule has 0 saturated heterocycles. The highest BCUT2D eigenvalue weighted by molar-refractivity contribution is 7.92. The lowest BCUT2D eigenvalue weighted by molar-refractivity contribution is -0.140. The SMILES string of the molecule is CCCCNC(=O)C(CC)N(Cc1ccc(Cl)cc1)C(=O)CN(c1ccccc1)S(=O)(=O)c1ccc(F)cc1. The lowest BCUT2D eigenvalue weighted by Gasteiger charge is -2.33. The third-order valence-corrected chi connectivity index (χ3v) is 8.25. The van der Waals surface area contributed by atoms with Gasteiger partial charge >= 0.3 is 0 Å². The summed E-state index contributed by atoms with van der Waals surface area (Å²) in [4.78, 5) is 28.3. The average Bonchev–Trinajstić information content (AvgIpc) is 2.93. The third-order valence-electron chi connectivity index (χ3n) is 6.21. The number of halogens is 2. The Morgan fingerprint density at radius 1 is 0.949 bits per heavy atom. The maximum absolute atomic E-state index is 13.9. The summed E-state index contributed by atoms with van der Waals surface area (Å²) in [5, 5.41) is 3.42. The van der Waals surface area contributed by atoms with Crippen LogP contribution in [-0.2, 0) is 26.2 Å². The Bertz CT molecular complexity index is 1340. The summed E-state index contributed by atoms with van der Waals surface area (Å²) in [6.07, 6.45) is 2.02. The molecule has 0 bridgehead atoms. The number of benzene rings is 3. The van der Waals surface area contributed by atoms with Crippen molar-refractivity contribution in [2.75, 3.05) is 17.4 Å². The molecule has 3 rings (SSSR count). The first-order chi connectivity index (χ1) is 18.7. The van der Waals surface area contributed by atoms with Crippen LogP contribution in [-0.4, -0.2) is 44.3 Å². The van der Waals surface area contributed by atoms with Crippen molar-refractivity contribution in [2.24, 2.45) is 0 Å². The molecule has 10 heteroatoms. The molecule has 1 atom stereocenters. The molecule has 3 aromatic carbocycles. The second-order valence-electron chi connectivity index (χ2n) is 9.02. The lowest BCUT2D eigenvalue weighted by Crippen LogP contribution is -2.52. The van der Waals surface area contributed by atoms with Gasteiger partial charge in [0.05, 0.1) is 10.6 Å². The number of para-hydroxylation sites is 1. The molecule has 0 aliphatic carbocycles. The largest absolute Gasteiger partial charge is 0.354 e. The molecule has 0 radical (unpaired) electrons. The van der Waals surface area contributed by atoms with Crippen molar-refractivity contribution in [3.8, 4) is 0 Å². The van der Waals surface area contributed by atoms with Gasteiger partial charge in [-0.1, -0.05) is 62.2 Å². The van der Waals surface area contributed by atoms with E-state index < -0.39 is 34.3 Å². The van der Waals surface area contributed by atoms with Gasteiger partial charge < -0.3 is 10.2 Å². The van der Waals surface area contributed by atoms with E-state index in [9.17, 15) is 22.4 Å². The van der Waals surface area contributed by atoms with Crippen LogP contribution in [0.3, 0.4) is 0 Å². The van der Waals surface area contributed by atoms with E-state index in [4.69, 9.17) is 11.6 Å². The number of unbranched alkanes of at least 4 members (excludes halogenated alkanes) is 1. The minimum absolute atomic E-state index is 0.0783. The van der Waals surface area contributed by atoms with Crippen LogP contribution < -0.4 is 9.62 Å². The van der Waals surface area contributed by atoms with Crippen LogP contribution in [0.2, 0.25) is 5.02 Å². The number of carbonyl (C=O) groups excluding carboxylic acids is 2. The van der Waals surface area contributed by atoms with Gasteiger partial charge in [-0.05, 0) is 66.9 Å². The third kappa shape index (κ3) is 8.03. The lowest BCUT2D eigenvalue weighted by atomic mass is 10.1. The average molecular weight is 574 g/mol. The van der Waals surface area contributed by atoms with Crippen molar-refractivity contribution in [3.63, 3.8) is 0 Å². The summed E-state index contributed by atoms with van der Waals surface area (Å²) in [6, 6.07) is 18.7. The van der Waals surface area contributed by atoms with E-state index in [1.807, 2.05) is 6.92 Å². The number of amides is 2. The Balaban J connectivity index is 2.00. The Kier molecular flexibility index (Phi) is 10.9. The van der Waals surface area contributed by atoms with Gasteiger partial charge in [-0.3, -0.25) is 13.9 Å². The van der Waals surface area contributed by atoms with Gasteiger partial charge in [0.15, 0.2) is 0 Å². The molecule has 1 unspecified atom stereocenters. The molecule has 0 saturated carbocycles. The molecule has 2 amide bonds. The highest BCUT2D eigenvalue weighted by atomic mass is 35.5. The Morgan fingerprint density at radius 3 is 2.18 bits per heavy atom. The predicted molar refractivity (Wildman–Crippen MR) is 151 cm³/mol. The molecular formula is C29H33ClFN3O4S. The number of nitrogens with zero attached hydrogens (tertiary/aromatic N) is 2. The topological polar surface area (TPSA) is 86.8 Å². The molecule has 0 spiro atoms.